The predicted molar refractivity (Wildman–Crippen MR) is 66.3 cm³/mol. The van der Waals surface area contributed by atoms with Gasteiger partial charge in [-0.15, -0.1) is 0 Å². The van der Waals surface area contributed by atoms with Gasteiger partial charge in [-0.3, -0.25) is 4.79 Å². The molecule has 4 nitrogen and oxygen atoms in total. The molecule has 0 radical (unpaired) electrons. The first-order valence-electron chi connectivity index (χ1n) is 4.95. The summed E-state index contributed by atoms with van der Waals surface area (Å²) in [6.45, 7) is 3.63. The van der Waals surface area contributed by atoms with E-state index in [1.54, 1.807) is 18.2 Å². The van der Waals surface area contributed by atoms with Crippen molar-refractivity contribution in [3.63, 3.8) is 0 Å². The van der Waals surface area contributed by atoms with E-state index in [4.69, 9.17) is 0 Å². The van der Waals surface area contributed by atoms with Crippen LogP contribution in [0, 0.1) is 0 Å². The third-order valence-electron chi connectivity index (χ3n) is 1.99. The van der Waals surface area contributed by atoms with Crippen LogP contribution in [-0.4, -0.2) is 19.0 Å². The molecule has 1 aromatic carbocycles. The van der Waals surface area contributed by atoms with Crippen LogP contribution in [0.4, 0.5) is 5.69 Å². The van der Waals surface area contributed by atoms with Gasteiger partial charge >= 0.3 is 5.97 Å². The molecule has 88 valence electrons. The van der Waals surface area contributed by atoms with Crippen LogP contribution in [0.15, 0.2) is 43.0 Å². The Morgan fingerprint density at radius 1 is 1.24 bits per heavy atom. The minimum atomic E-state index is -0.567. The smallest absolute Gasteiger partial charge is 0.330 e. The number of carbonyl (C=O) groups excluding carboxylic acids is 2. The van der Waals surface area contributed by atoms with E-state index in [1.807, 2.05) is 12.1 Å². The van der Waals surface area contributed by atoms with Crippen molar-refractivity contribution >= 4 is 23.6 Å². The van der Waals surface area contributed by atoms with Crippen molar-refractivity contribution < 1.29 is 14.3 Å². The molecule has 0 unspecified atom stereocenters. The maximum Gasteiger partial charge on any atom is 0.330 e. The summed E-state index contributed by atoms with van der Waals surface area (Å²) in [5.74, 6) is -0.955. The third kappa shape index (κ3) is 4.34. The van der Waals surface area contributed by atoms with Gasteiger partial charge in [0.25, 0.3) is 0 Å². The van der Waals surface area contributed by atoms with Gasteiger partial charge in [0.1, 0.15) is 0 Å². The summed E-state index contributed by atoms with van der Waals surface area (Å²) in [5, 5.41) is 2.60. The van der Waals surface area contributed by atoms with Crippen LogP contribution in [-0.2, 0) is 14.3 Å². The topological polar surface area (TPSA) is 55.4 Å². The van der Waals surface area contributed by atoms with Crippen LogP contribution in [0.3, 0.4) is 0 Å². The second-order valence-electron chi connectivity index (χ2n) is 3.17. The van der Waals surface area contributed by atoms with E-state index in [0.29, 0.717) is 5.69 Å². The lowest BCUT2D eigenvalue weighted by Gasteiger charge is -2.02. The first-order valence-corrected chi connectivity index (χ1v) is 4.95. The van der Waals surface area contributed by atoms with Gasteiger partial charge in [-0.2, -0.15) is 0 Å². The quantitative estimate of drug-likeness (QED) is 0.637. The maximum absolute atomic E-state index is 11.4. The van der Waals surface area contributed by atoms with Crippen LogP contribution in [0.2, 0.25) is 0 Å². The SMILES string of the molecule is C=Cc1ccc(NC(=O)/C=C\C(=O)OC)cc1. The van der Waals surface area contributed by atoms with Crippen molar-refractivity contribution in [3.8, 4) is 0 Å². The second kappa shape index (κ2) is 6.27. The fourth-order valence-electron chi connectivity index (χ4n) is 1.10. The van der Waals surface area contributed by atoms with Crippen LogP contribution < -0.4 is 5.32 Å². The third-order valence-corrected chi connectivity index (χ3v) is 1.99. The lowest BCUT2D eigenvalue weighted by Crippen LogP contribution is -2.08. The first kappa shape index (κ1) is 12.7. The van der Waals surface area contributed by atoms with Crippen molar-refractivity contribution in [2.45, 2.75) is 0 Å². The summed E-state index contributed by atoms with van der Waals surface area (Å²) in [6.07, 6.45) is 3.89. The van der Waals surface area contributed by atoms with Gasteiger partial charge in [0, 0.05) is 17.8 Å². The highest BCUT2D eigenvalue weighted by atomic mass is 16.5. The molecular weight excluding hydrogens is 218 g/mol. The van der Waals surface area contributed by atoms with Crippen molar-refractivity contribution in [3.05, 3.63) is 48.6 Å². The number of ether oxygens (including phenoxy) is 1. The van der Waals surface area contributed by atoms with E-state index in [1.165, 1.54) is 7.11 Å². The summed E-state index contributed by atoms with van der Waals surface area (Å²) in [5.41, 5.74) is 1.61. The number of rotatable bonds is 4. The van der Waals surface area contributed by atoms with E-state index in [2.05, 4.69) is 16.6 Å². The van der Waals surface area contributed by atoms with Crippen molar-refractivity contribution in [1.29, 1.82) is 0 Å². The summed E-state index contributed by atoms with van der Waals surface area (Å²) >= 11 is 0. The molecule has 0 aliphatic heterocycles. The molecule has 0 saturated carbocycles. The Kier molecular flexibility index (Phi) is 4.69. The van der Waals surface area contributed by atoms with Gasteiger partial charge in [0.15, 0.2) is 0 Å². The molecule has 0 spiro atoms. The Morgan fingerprint density at radius 3 is 2.41 bits per heavy atom. The number of carbonyl (C=O) groups is 2. The van der Waals surface area contributed by atoms with Gasteiger partial charge in [-0.25, -0.2) is 4.79 Å². The van der Waals surface area contributed by atoms with Crippen LogP contribution in [0.5, 0.6) is 0 Å². The molecular formula is C13H13NO3. The summed E-state index contributed by atoms with van der Waals surface area (Å²) < 4.78 is 4.36. The van der Waals surface area contributed by atoms with E-state index < -0.39 is 5.97 Å². The van der Waals surface area contributed by atoms with Gasteiger partial charge in [-0.1, -0.05) is 24.8 Å². The zero-order chi connectivity index (χ0) is 12.7. The van der Waals surface area contributed by atoms with E-state index >= 15 is 0 Å². The number of benzene rings is 1. The van der Waals surface area contributed by atoms with Crippen LogP contribution in [0.1, 0.15) is 5.56 Å². The number of hydrogen-bond donors (Lipinski definition) is 1. The van der Waals surface area contributed by atoms with E-state index in [-0.39, 0.29) is 5.91 Å². The summed E-state index contributed by atoms with van der Waals surface area (Å²) in [6, 6.07) is 7.15. The van der Waals surface area contributed by atoms with Crippen molar-refractivity contribution in [1.82, 2.24) is 0 Å². The molecule has 0 heterocycles. The number of amides is 1. The Hall–Kier alpha value is -2.36. The normalized spacial score (nSPS) is 9.94. The number of esters is 1. The Morgan fingerprint density at radius 2 is 1.88 bits per heavy atom. The lowest BCUT2D eigenvalue weighted by molar-refractivity contribution is -0.135. The molecule has 0 saturated heterocycles. The largest absolute Gasteiger partial charge is 0.466 e. The number of nitrogens with one attached hydrogen (secondary N) is 1. The monoisotopic (exact) mass is 231 g/mol. The molecule has 1 amide bonds. The van der Waals surface area contributed by atoms with E-state index in [0.717, 1.165) is 17.7 Å². The maximum atomic E-state index is 11.4. The summed E-state index contributed by atoms with van der Waals surface area (Å²) in [4.78, 5) is 22.1. The highest BCUT2D eigenvalue weighted by Crippen LogP contribution is 2.10. The Labute approximate surface area is 99.6 Å². The molecule has 0 atom stereocenters. The molecule has 0 aliphatic carbocycles. The fraction of sp³-hybridized carbons (Fsp3) is 0.0769. The van der Waals surface area contributed by atoms with Crippen molar-refractivity contribution in [2.24, 2.45) is 0 Å². The number of hydrogen-bond acceptors (Lipinski definition) is 3. The van der Waals surface area contributed by atoms with Gasteiger partial charge in [-0.05, 0) is 17.7 Å². The highest BCUT2D eigenvalue weighted by Gasteiger charge is 1.99. The highest BCUT2D eigenvalue weighted by molar-refractivity contribution is 6.02. The molecule has 0 bridgehead atoms. The Balaban J connectivity index is 2.58. The van der Waals surface area contributed by atoms with Crippen LogP contribution >= 0.6 is 0 Å². The average molecular weight is 231 g/mol. The molecule has 1 N–H and O–H groups in total. The zero-order valence-electron chi connectivity index (χ0n) is 9.47. The molecule has 1 aromatic rings. The standard InChI is InChI=1S/C13H13NO3/c1-3-10-4-6-11(7-5-10)14-12(15)8-9-13(16)17-2/h3-9H,1H2,2H3,(H,14,15)/b9-8-. The average Bonchev–Trinajstić information content (AvgIpc) is 2.36. The van der Waals surface area contributed by atoms with Gasteiger partial charge in [0.05, 0.1) is 7.11 Å². The van der Waals surface area contributed by atoms with Crippen LogP contribution in [0.25, 0.3) is 6.08 Å². The minimum Gasteiger partial charge on any atom is -0.466 e. The van der Waals surface area contributed by atoms with Crippen molar-refractivity contribution in [2.75, 3.05) is 12.4 Å². The fourth-order valence-corrected chi connectivity index (χ4v) is 1.10. The zero-order valence-corrected chi connectivity index (χ0v) is 9.47. The first-order chi connectivity index (χ1) is 8.15. The molecule has 0 fully saturated rings. The van der Waals surface area contributed by atoms with Gasteiger partial charge in [0.2, 0.25) is 5.91 Å². The number of anilines is 1. The van der Waals surface area contributed by atoms with E-state index in [9.17, 15) is 9.59 Å². The molecule has 1 rings (SSSR count). The van der Waals surface area contributed by atoms with Gasteiger partial charge < -0.3 is 10.1 Å². The molecule has 0 aromatic heterocycles. The molecule has 0 aliphatic rings. The Bertz CT molecular complexity index is 446. The molecule has 17 heavy (non-hydrogen) atoms. The number of methoxy groups -OCH3 is 1. The summed E-state index contributed by atoms with van der Waals surface area (Å²) in [7, 11) is 1.25. The minimum absolute atomic E-state index is 0.387. The molecule has 4 heteroatoms. The second-order valence-corrected chi connectivity index (χ2v) is 3.17. The predicted octanol–water partition coefficient (Wildman–Crippen LogP) is 2.00. The lowest BCUT2D eigenvalue weighted by atomic mass is 10.2.